The van der Waals surface area contributed by atoms with Gasteiger partial charge in [0.05, 0.1) is 15.4 Å². The maximum atomic E-state index is 11.0. The van der Waals surface area contributed by atoms with Crippen molar-refractivity contribution in [2.24, 2.45) is 0 Å². The maximum absolute atomic E-state index is 11.0. The summed E-state index contributed by atoms with van der Waals surface area (Å²) in [5.74, 6) is 0. The van der Waals surface area contributed by atoms with Crippen molar-refractivity contribution in [1.29, 1.82) is 0 Å². The molecular formula is C7H3BrClN3O. The SMILES string of the molecule is O=c1nc2c(Br)cncc2c(Cl)[nH]1. The number of aromatic nitrogens is 3. The molecule has 2 heterocycles. The Labute approximate surface area is 86.1 Å². The van der Waals surface area contributed by atoms with Crippen molar-refractivity contribution in [1.82, 2.24) is 15.0 Å². The number of rotatable bonds is 0. The minimum absolute atomic E-state index is 0.254. The number of nitrogens with one attached hydrogen (secondary N) is 1. The molecule has 0 fully saturated rings. The number of halogens is 2. The molecule has 0 aromatic carbocycles. The van der Waals surface area contributed by atoms with Gasteiger partial charge in [-0.25, -0.2) is 4.79 Å². The van der Waals surface area contributed by atoms with Crippen LogP contribution in [0, 0.1) is 0 Å². The van der Waals surface area contributed by atoms with E-state index < -0.39 is 5.69 Å². The second-order valence-electron chi connectivity index (χ2n) is 2.37. The van der Waals surface area contributed by atoms with Gasteiger partial charge in [0.15, 0.2) is 0 Å². The van der Waals surface area contributed by atoms with Gasteiger partial charge >= 0.3 is 5.69 Å². The van der Waals surface area contributed by atoms with Crippen LogP contribution in [0.1, 0.15) is 0 Å². The van der Waals surface area contributed by atoms with Gasteiger partial charge in [0.2, 0.25) is 0 Å². The topological polar surface area (TPSA) is 58.6 Å². The number of hydrogen-bond acceptors (Lipinski definition) is 3. The van der Waals surface area contributed by atoms with E-state index in [0.29, 0.717) is 15.4 Å². The third kappa shape index (κ3) is 1.45. The summed E-state index contributed by atoms with van der Waals surface area (Å²) in [6, 6.07) is 0. The van der Waals surface area contributed by atoms with Gasteiger partial charge in [-0.3, -0.25) is 9.97 Å². The predicted molar refractivity (Wildman–Crippen MR) is 52.9 cm³/mol. The standard InChI is InChI=1S/C7H3BrClN3O/c8-4-2-10-1-3-5(4)11-7(13)12-6(3)9/h1-2H,(H,11,12,13). The zero-order chi connectivity index (χ0) is 9.42. The van der Waals surface area contributed by atoms with E-state index in [9.17, 15) is 4.79 Å². The van der Waals surface area contributed by atoms with Crippen molar-refractivity contribution in [3.8, 4) is 0 Å². The van der Waals surface area contributed by atoms with E-state index in [0.717, 1.165) is 0 Å². The van der Waals surface area contributed by atoms with Crippen LogP contribution in [-0.2, 0) is 0 Å². The second-order valence-corrected chi connectivity index (χ2v) is 3.61. The molecule has 2 aromatic rings. The molecule has 66 valence electrons. The van der Waals surface area contributed by atoms with Gasteiger partial charge in [-0.1, -0.05) is 11.6 Å². The van der Waals surface area contributed by atoms with E-state index >= 15 is 0 Å². The van der Waals surface area contributed by atoms with E-state index in [-0.39, 0.29) is 5.15 Å². The highest BCUT2D eigenvalue weighted by Crippen LogP contribution is 2.22. The Bertz CT molecular complexity index is 525. The Morgan fingerprint density at radius 1 is 1.46 bits per heavy atom. The van der Waals surface area contributed by atoms with Crippen LogP contribution in [0.15, 0.2) is 21.7 Å². The predicted octanol–water partition coefficient (Wildman–Crippen LogP) is 1.73. The number of nitrogens with zero attached hydrogens (tertiary/aromatic N) is 2. The first kappa shape index (κ1) is 8.65. The van der Waals surface area contributed by atoms with Crippen LogP contribution in [0.25, 0.3) is 10.9 Å². The largest absolute Gasteiger partial charge is 0.346 e. The van der Waals surface area contributed by atoms with Crippen molar-refractivity contribution in [3.63, 3.8) is 0 Å². The van der Waals surface area contributed by atoms with Gasteiger partial charge in [-0.15, -0.1) is 0 Å². The molecule has 13 heavy (non-hydrogen) atoms. The lowest BCUT2D eigenvalue weighted by Crippen LogP contribution is -2.10. The lowest BCUT2D eigenvalue weighted by molar-refractivity contribution is 1.11. The summed E-state index contributed by atoms with van der Waals surface area (Å²) in [7, 11) is 0. The Balaban J connectivity index is 3.03. The molecule has 0 radical (unpaired) electrons. The molecule has 0 saturated heterocycles. The molecule has 0 saturated carbocycles. The highest BCUT2D eigenvalue weighted by molar-refractivity contribution is 9.10. The summed E-state index contributed by atoms with van der Waals surface area (Å²) in [4.78, 5) is 21.0. The number of hydrogen-bond donors (Lipinski definition) is 1. The van der Waals surface area contributed by atoms with Crippen LogP contribution < -0.4 is 5.69 Å². The van der Waals surface area contributed by atoms with E-state index in [4.69, 9.17) is 11.6 Å². The van der Waals surface area contributed by atoms with Gasteiger partial charge in [0.25, 0.3) is 0 Å². The zero-order valence-corrected chi connectivity index (χ0v) is 8.56. The number of fused-ring (bicyclic) bond motifs is 1. The first-order chi connectivity index (χ1) is 6.18. The number of pyridine rings is 1. The second kappa shape index (κ2) is 3.08. The molecule has 2 aromatic heterocycles. The van der Waals surface area contributed by atoms with Gasteiger partial charge in [-0.2, -0.15) is 4.98 Å². The summed E-state index contributed by atoms with van der Waals surface area (Å²) in [6.45, 7) is 0. The Kier molecular flexibility index (Phi) is 2.05. The summed E-state index contributed by atoms with van der Waals surface area (Å²) < 4.78 is 0.651. The van der Waals surface area contributed by atoms with E-state index in [2.05, 4.69) is 30.9 Å². The van der Waals surface area contributed by atoms with Gasteiger partial charge in [-0.05, 0) is 15.9 Å². The Hall–Kier alpha value is -0.940. The van der Waals surface area contributed by atoms with Gasteiger partial charge in [0, 0.05) is 12.4 Å². The molecule has 6 heteroatoms. The van der Waals surface area contributed by atoms with Gasteiger partial charge in [0.1, 0.15) is 5.15 Å². The molecule has 0 spiro atoms. The quantitative estimate of drug-likeness (QED) is 0.734. The third-order valence-corrected chi connectivity index (χ3v) is 2.42. The third-order valence-electron chi connectivity index (χ3n) is 1.54. The monoisotopic (exact) mass is 259 g/mol. The van der Waals surface area contributed by atoms with E-state index in [1.807, 2.05) is 0 Å². The fourth-order valence-corrected chi connectivity index (χ4v) is 1.63. The molecule has 1 N–H and O–H groups in total. The molecule has 0 bridgehead atoms. The lowest BCUT2D eigenvalue weighted by Gasteiger charge is -1.98. The Morgan fingerprint density at radius 3 is 3.00 bits per heavy atom. The minimum atomic E-state index is -0.468. The van der Waals surface area contributed by atoms with Crippen LogP contribution >= 0.6 is 27.5 Å². The molecule has 4 nitrogen and oxygen atoms in total. The molecule has 0 atom stereocenters. The maximum Gasteiger partial charge on any atom is 0.346 e. The molecule has 0 aliphatic heterocycles. The first-order valence-corrected chi connectivity index (χ1v) is 4.54. The van der Waals surface area contributed by atoms with Crippen LogP contribution in [0.5, 0.6) is 0 Å². The molecular weight excluding hydrogens is 257 g/mol. The van der Waals surface area contributed by atoms with Crippen molar-refractivity contribution >= 4 is 38.4 Å². The van der Waals surface area contributed by atoms with Crippen molar-refractivity contribution in [3.05, 3.63) is 32.5 Å². The smallest absolute Gasteiger partial charge is 0.296 e. The fourth-order valence-electron chi connectivity index (χ4n) is 0.993. The van der Waals surface area contributed by atoms with Crippen LogP contribution in [0.2, 0.25) is 5.15 Å². The molecule has 0 aliphatic carbocycles. The first-order valence-electron chi connectivity index (χ1n) is 3.37. The van der Waals surface area contributed by atoms with Crippen molar-refractivity contribution < 1.29 is 0 Å². The summed E-state index contributed by atoms with van der Waals surface area (Å²) in [5, 5.41) is 0.874. The van der Waals surface area contributed by atoms with Crippen molar-refractivity contribution in [2.75, 3.05) is 0 Å². The fraction of sp³-hybridized carbons (Fsp3) is 0. The Morgan fingerprint density at radius 2 is 2.23 bits per heavy atom. The van der Waals surface area contributed by atoms with Crippen LogP contribution in [0.4, 0.5) is 0 Å². The molecule has 0 aliphatic rings. The van der Waals surface area contributed by atoms with Crippen LogP contribution in [0.3, 0.4) is 0 Å². The molecule has 2 rings (SSSR count). The number of H-pyrrole nitrogens is 1. The molecule has 0 amide bonds. The summed E-state index contributed by atoms with van der Waals surface area (Å²) in [6.07, 6.45) is 3.11. The molecule has 0 unspecified atom stereocenters. The van der Waals surface area contributed by atoms with Crippen molar-refractivity contribution in [2.45, 2.75) is 0 Å². The lowest BCUT2D eigenvalue weighted by atomic mass is 10.3. The van der Waals surface area contributed by atoms with Crippen LogP contribution in [-0.4, -0.2) is 15.0 Å². The number of aromatic amines is 1. The highest BCUT2D eigenvalue weighted by Gasteiger charge is 2.05. The summed E-state index contributed by atoms with van der Waals surface area (Å²) >= 11 is 9.01. The average Bonchev–Trinajstić information content (AvgIpc) is 2.07. The average molecular weight is 260 g/mol. The van der Waals surface area contributed by atoms with E-state index in [1.165, 1.54) is 0 Å². The van der Waals surface area contributed by atoms with E-state index in [1.54, 1.807) is 12.4 Å². The highest BCUT2D eigenvalue weighted by atomic mass is 79.9. The zero-order valence-electron chi connectivity index (χ0n) is 6.21. The van der Waals surface area contributed by atoms with Gasteiger partial charge < -0.3 is 0 Å². The summed E-state index contributed by atoms with van der Waals surface area (Å²) in [5.41, 5.74) is 0.0492. The minimum Gasteiger partial charge on any atom is -0.296 e. The normalized spacial score (nSPS) is 10.6.